The Bertz CT molecular complexity index is 343. The van der Waals surface area contributed by atoms with Crippen molar-refractivity contribution in [2.24, 2.45) is 5.41 Å². The van der Waals surface area contributed by atoms with Crippen molar-refractivity contribution < 1.29 is 0 Å². The molecule has 0 amide bonds. The molecule has 2 unspecified atom stereocenters. The van der Waals surface area contributed by atoms with E-state index in [1.807, 2.05) is 6.92 Å². The van der Waals surface area contributed by atoms with Crippen LogP contribution in [-0.2, 0) is 0 Å². The number of nitrogens with one attached hydrogen (secondary N) is 1. The van der Waals surface area contributed by atoms with Gasteiger partial charge in [-0.15, -0.1) is 0 Å². The first-order valence-corrected chi connectivity index (χ1v) is 8.10. The zero-order valence-corrected chi connectivity index (χ0v) is 14.3. The first kappa shape index (κ1) is 17.5. The smallest absolute Gasteiger partial charge is 0.105 e. The quantitative estimate of drug-likeness (QED) is 0.836. The maximum atomic E-state index is 9.49. The van der Waals surface area contributed by atoms with Gasteiger partial charge >= 0.3 is 0 Å². The van der Waals surface area contributed by atoms with Gasteiger partial charge in [0.15, 0.2) is 0 Å². The van der Waals surface area contributed by atoms with Crippen LogP contribution in [0.3, 0.4) is 0 Å². The fourth-order valence-electron chi connectivity index (χ4n) is 3.38. The standard InChI is InChI=1S/C17H33N3/c1-14(2)19-17(6,13-18)12-15(3)20-10-7-8-16(4,5)9-11-20/h14-15,19H,7-12H2,1-6H3. The molecule has 2 atom stereocenters. The maximum Gasteiger partial charge on any atom is 0.105 e. The van der Waals surface area contributed by atoms with Gasteiger partial charge in [0, 0.05) is 12.1 Å². The third kappa shape index (κ3) is 5.42. The topological polar surface area (TPSA) is 39.1 Å². The lowest BCUT2D eigenvalue weighted by atomic mass is 9.85. The molecule has 20 heavy (non-hydrogen) atoms. The minimum Gasteiger partial charge on any atom is -0.301 e. The molecule has 3 nitrogen and oxygen atoms in total. The highest BCUT2D eigenvalue weighted by Crippen LogP contribution is 2.31. The first-order chi connectivity index (χ1) is 9.17. The van der Waals surface area contributed by atoms with Crippen molar-refractivity contribution in [1.82, 2.24) is 10.2 Å². The minimum atomic E-state index is -0.421. The van der Waals surface area contributed by atoms with Crippen molar-refractivity contribution in [2.45, 2.75) is 84.8 Å². The SMILES string of the molecule is CC(C)NC(C)(C#N)CC(C)N1CCCC(C)(C)CC1. The predicted octanol–water partition coefficient (Wildman–Crippen LogP) is 3.56. The van der Waals surface area contributed by atoms with Crippen LogP contribution in [0.15, 0.2) is 0 Å². The molecule has 1 heterocycles. The van der Waals surface area contributed by atoms with Gasteiger partial charge < -0.3 is 4.90 Å². The molecule has 3 heteroatoms. The Balaban J connectivity index is 2.61. The van der Waals surface area contributed by atoms with E-state index in [9.17, 15) is 5.26 Å². The first-order valence-electron chi connectivity index (χ1n) is 8.10. The van der Waals surface area contributed by atoms with Gasteiger partial charge in [-0.1, -0.05) is 13.8 Å². The van der Waals surface area contributed by atoms with Gasteiger partial charge in [0.25, 0.3) is 0 Å². The lowest BCUT2D eigenvalue weighted by Crippen LogP contribution is -2.49. The molecule has 0 aromatic heterocycles. The summed E-state index contributed by atoms with van der Waals surface area (Å²) in [5.74, 6) is 0. The molecule has 1 aliphatic rings. The molecule has 116 valence electrons. The monoisotopic (exact) mass is 279 g/mol. The molecule has 1 N–H and O–H groups in total. The zero-order valence-electron chi connectivity index (χ0n) is 14.3. The Morgan fingerprint density at radius 2 is 1.90 bits per heavy atom. The third-order valence-corrected chi connectivity index (χ3v) is 4.56. The van der Waals surface area contributed by atoms with E-state index in [2.05, 4.69) is 50.9 Å². The van der Waals surface area contributed by atoms with Crippen LogP contribution in [0.2, 0.25) is 0 Å². The molecule has 0 aliphatic carbocycles. The van der Waals surface area contributed by atoms with Gasteiger partial charge in [-0.2, -0.15) is 5.26 Å². The van der Waals surface area contributed by atoms with Crippen molar-refractivity contribution in [1.29, 1.82) is 5.26 Å². The summed E-state index contributed by atoms with van der Waals surface area (Å²) >= 11 is 0. The van der Waals surface area contributed by atoms with E-state index < -0.39 is 5.54 Å². The highest BCUT2D eigenvalue weighted by Gasteiger charge is 2.31. The highest BCUT2D eigenvalue weighted by atomic mass is 15.2. The second kappa shape index (κ2) is 6.91. The van der Waals surface area contributed by atoms with Gasteiger partial charge in [0.05, 0.1) is 6.07 Å². The van der Waals surface area contributed by atoms with Gasteiger partial charge in [-0.25, -0.2) is 0 Å². The number of nitriles is 1. The average Bonchev–Trinajstić information content (AvgIpc) is 2.49. The molecule has 0 aromatic rings. The Morgan fingerprint density at radius 3 is 2.45 bits per heavy atom. The van der Waals surface area contributed by atoms with Crippen molar-refractivity contribution in [3.63, 3.8) is 0 Å². The summed E-state index contributed by atoms with van der Waals surface area (Å²) in [7, 11) is 0. The number of likely N-dealkylation sites (tertiary alicyclic amines) is 1. The van der Waals surface area contributed by atoms with Crippen LogP contribution in [0.4, 0.5) is 0 Å². The molecule has 0 radical (unpaired) electrons. The van der Waals surface area contributed by atoms with E-state index >= 15 is 0 Å². The van der Waals surface area contributed by atoms with Crippen molar-refractivity contribution in [3.05, 3.63) is 0 Å². The Kier molecular flexibility index (Phi) is 6.04. The molecule has 0 bridgehead atoms. The van der Waals surface area contributed by atoms with Crippen molar-refractivity contribution in [2.75, 3.05) is 13.1 Å². The summed E-state index contributed by atoms with van der Waals surface area (Å²) in [6, 6.07) is 3.27. The fourth-order valence-corrected chi connectivity index (χ4v) is 3.38. The van der Waals surface area contributed by atoms with E-state index in [0.717, 1.165) is 13.0 Å². The van der Waals surface area contributed by atoms with E-state index in [1.54, 1.807) is 0 Å². The van der Waals surface area contributed by atoms with E-state index in [4.69, 9.17) is 0 Å². The lowest BCUT2D eigenvalue weighted by molar-refractivity contribution is 0.173. The number of nitrogens with zero attached hydrogens (tertiary/aromatic N) is 2. The lowest BCUT2D eigenvalue weighted by Gasteiger charge is -2.34. The maximum absolute atomic E-state index is 9.49. The van der Waals surface area contributed by atoms with Crippen LogP contribution in [0, 0.1) is 16.7 Å². The van der Waals surface area contributed by atoms with E-state index in [0.29, 0.717) is 17.5 Å². The Morgan fingerprint density at radius 1 is 1.25 bits per heavy atom. The number of rotatable bonds is 5. The highest BCUT2D eigenvalue weighted by molar-refractivity contribution is 5.06. The normalized spacial score (nSPS) is 24.7. The van der Waals surface area contributed by atoms with Crippen LogP contribution >= 0.6 is 0 Å². The van der Waals surface area contributed by atoms with E-state index in [-0.39, 0.29) is 0 Å². The summed E-state index contributed by atoms with van der Waals surface area (Å²) in [5, 5.41) is 12.9. The Labute approximate surface area is 125 Å². The molecular formula is C17H33N3. The predicted molar refractivity (Wildman–Crippen MR) is 85.6 cm³/mol. The molecule has 1 saturated heterocycles. The summed E-state index contributed by atoms with van der Waals surface area (Å²) in [5.41, 5.74) is 0.0542. The van der Waals surface area contributed by atoms with Crippen molar-refractivity contribution >= 4 is 0 Å². The van der Waals surface area contributed by atoms with Gasteiger partial charge in [0.1, 0.15) is 5.54 Å². The zero-order chi connectivity index (χ0) is 15.4. The number of hydrogen-bond donors (Lipinski definition) is 1. The largest absolute Gasteiger partial charge is 0.301 e. The summed E-state index contributed by atoms with van der Waals surface area (Å²) in [6.45, 7) is 15.6. The molecule has 1 fully saturated rings. The van der Waals surface area contributed by atoms with Crippen LogP contribution in [0.1, 0.15) is 67.2 Å². The molecule has 1 aliphatic heterocycles. The Hall–Kier alpha value is -0.590. The van der Waals surface area contributed by atoms with Gasteiger partial charge in [-0.3, -0.25) is 5.32 Å². The van der Waals surface area contributed by atoms with E-state index in [1.165, 1.54) is 25.8 Å². The summed E-state index contributed by atoms with van der Waals surface area (Å²) < 4.78 is 0. The van der Waals surface area contributed by atoms with Crippen molar-refractivity contribution in [3.8, 4) is 6.07 Å². The van der Waals surface area contributed by atoms with Gasteiger partial charge in [-0.05, 0) is 71.9 Å². The second-order valence-electron chi connectivity index (χ2n) is 7.85. The molecule has 0 spiro atoms. The average molecular weight is 279 g/mol. The van der Waals surface area contributed by atoms with Crippen LogP contribution in [0.25, 0.3) is 0 Å². The minimum absolute atomic E-state index is 0.343. The fraction of sp³-hybridized carbons (Fsp3) is 0.941. The molecule has 0 aromatic carbocycles. The van der Waals surface area contributed by atoms with Crippen LogP contribution in [-0.4, -0.2) is 35.6 Å². The van der Waals surface area contributed by atoms with Crippen LogP contribution < -0.4 is 5.32 Å². The summed E-state index contributed by atoms with van der Waals surface area (Å²) in [4.78, 5) is 2.58. The van der Waals surface area contributed by atoms with Crippen LogP contribution in [0.5, 0.6) is 0 Å². The second-order valence-corrected chi connectivity index (χ2v) is 7.85. The molecular weight excluding hydrogens is 246 g/mol. The molecule has 0 saturated carbocycles. The third-order valence-electron chi connectivity index (χ3n) is 4.56. The van der Waals surface area contributed by atoms with Gasteiger partial charge in [0.2, 0.25) is 0 Å². The molecule has 1 rings (SSSR count). The summed E-state index contributed by atoms with van der Waals surface area (Å²) in [6.07, 6.45) is 4.74. The number of hydrogen-bond acceptors (Lipinski definition) is 3.